The molecule has 0 aliphatic carbocycles. The van der Waals surface area contributed by atoms with Gasteiger partial charge in [-0.2, -0.15) is 26.3 Å². The van der Waals surface area contributed by atoms with E-state index in [2.05, 4.69) is 21.3 Å². The lowest BCUT2D eigenvalue weighted by molar-refractivity contribution is -0.154. The van der Waals surface area contributed by atoms with Crippen LogP contribution in [-0.4, -0.2) is 56.0 Å². The van der Waals surface area contributed by atoms with Crippen LogP contribution >= 0.6 is 11.6 Å². The van der Waals surface area contributed by atoms with Crippen molar-refractivity contribution in [1.29, 1.82) is 0 Å². The second-order valence-corrected chi connectivity index (χ2v) is 8.14. The average Bonchev–Trinajstić information content (AvgIpc) is 2.83. The summed E-state index contributed by atoms with van der Waals surface area (Å²) in [7, 11) is 0. The summed E-state index contributed by atoms with van der Waals surface area (Å²) in [5.74, 6) is 3.66. The molecule has 0 saturated carbocycles. The minimum atomic E-state index is -4.65. The molecule has 6 nitrogen and oxygen atoms in total. The van der Waals surface area contributed by atoms with Gasteiger partial charge in [0.2, 0.25) is 0 Å². The van der Waals surface area contributed by atoms with Gasteiger partial charge in [-0.15, -0.1) is 0 Å². The maximum Gasteiger partial charge on any atom is 0.422 e. The topological polar surface area (TPSA) is 74.2 Å². The third kappa shape index (κ3) is 12.7. The summed E-state index contributed by atoms with van der Waals surface area (Å²) in [6.07, 6.45) is -7.33. The lowest BCUT2D eigenvalue weighted by Crippen LogP contribution is -2.26. The Balaban J connectivity index is 2.02. The number of ether oxygens (including phenoxy) is 4. The number of alkyl halides is 6. The third-order valence-corrected chi connectivity index (χ3v) is 4.79. The van der Waals surface area contributed by atoms with Gasteiger partial charge in [-0.25, -0.2) is 4.79 Å². The van der Waals surface area contributed by atoms with E-state index in [9.17, 15) is 36.2 Å². The molecule has 39 heavy (non-hydrogen) atoms. The zero-order chi connectivity index (χ0) is 29.1. The fraction of sp³-hybridized carbons (Fsp3) is 0.346. The van der Waals surface area contributed by atoms with Crippen molar-refractivity contribution in [2.45, 2.75) is 31.8 Å². The number of carboxylic acid groups (broad SMARTS) is 1. The maximum absolute atomic E-state index is 12.5. The monoisotopic (exact) mass is 580 g/mol. The number of aliphatic carboxylic acids is 1. The Morgan fingerprint density at radius 3 is 2.13 bits per heavy atom. The van der Waals surface area contributed by atoms with Crippen molar-refractivity contribution in [3.05, 3.63) is 64.7 Å². The van der Waals surface area contributed by atoms with Gasteiger partial charge in [-0.1, -0.05) is 29.5 Å². The largest absolute Gasteiger partial charge is 0.488 e. The van der Waals surface area contributed by atoms with Crippen LogP contribution in [0.2, 0.25) is 5.02 Å². The van der Waals surface area contributed by atoms with E-state index in [1.807, 2.05) is 0 Å². The van der Waals surface area contributed by atoms with Gasteiger partial charge in [0, 0.05) is 24.7 Å². The van der Waals surface area contributed by atoms with Crippen LogP contribution in [0.1, 0.15) is 18.1 Å². The van der Waals surface area contributed by atoms with Crippen molar-refractivity contribution in [3.8, 4) is 29.1 Å². The van der Waals surface area contributed by atoms with Gasteiger partial charge in [0.15, 0.2) is 19.3 Å². The number of benzene rings is 2. The Morgan fingerprint density at radius 2 is 1.62 bits per heavy atom. The van der Waals surface area contributed by atoms with E-state index in [4.69, 9.17) is 21.1 Å². The van der Waals surface area contributed by atoms with Crippen LogP contribution < -0.4 is 14.2 Å². The first-order chi connectivity index (χ1) is 18.3. The maximum atomic E-state index is 12.5. The van der Waals surface area contributed by atoms with Gasteiger partial charge >= 0.3 is 18.3 Å². The first-order valence-electron chi connectivity index (χ1n) is 11.2. The van der Waals surface area contributed by atoms with E-state index < -0.39 is 37.6 Å². The summed E-state index contributed by atoms with van der Waals surface area (Å²) in [6, 6.07) is 7.93. The number of rotatable bonds is 12. The molecule has 0 saturated heterocycles. The average molecular weight is 581 g/mol. The molecule has 0 bridgehead atoms. The molecule has 0 aliphatic heterocycles. The minimum Gasteiger partial charge on any atom is -0.488 e. The van der Waals surface area contributed by atoms with Gasteiger partial charge in [-0.3, -0.25) is 0 Å². The summed E-state index contributed by atoms with van der Waals surface area (Å²) in [4.78, 5) is 11.2. The summed E-state index contributed by atoms with van der Waals surface area (Å²) in [5, 5.41) is 9.43. The molecule has 212 valence electrons. The van der Waals surface area contributed by atoms with E-state index in [-0.39, 0.29) is 41.7 Å². The smallest absolute Gasteiger partial charge is 0.422 e. The Hall–Kier alpha value is -3.56. The van der Waals surface area contributed by atoms with E-state index in [0.717, 1.165) is 18.2 Å². The number of carbonyl (C=O) groups is 1. The standard InChI is InChI=1S/C26H23ClF6O6/c1-2-36-23(24(34)35)13-18-7-8-22(21(27)12-18)37-9-5-3-4-6-17-10-19(38-15-25(28,29)30)14-20(11-17)39-16-26(31,32)33/h3,5,7-8,10-12,14,23H,2,9,13,15-16H2,1H3,(H,34,35)/b5-3+/t23-/m0/s1. The first kappa shape index (κ1) is 31.7. The predicted octanol–water partition coefficient (Wildman–Crippen LogP) is 6.24. The fourth-order valence-electron chi connectivity index (χ4n) is 2.93. The highest BCUT2D eigenvalue weighted by Gasteiger charge is 2.30. The molecule has 1 N–H and O–H groups in total. The molecule has 2 rings (SSSR count). The predicted molar refractivity (Wildman–Crippen MR) is 129 cm³/mol. The second-order valence-electron chi connectivity index (χ2n) is 7.73. The molecule has 13 heteroatoms. The molecule has 0 aromatic heterocycles. The van der Waals surface area contributed by atoms with Gasteiger partial charge in [-0.05, 0) is 48.9 Å². The highest BCUT2D eigenvalue weighted by atomic mass is 35.5. The third-order valence-electron chi connectivity index (χ3n) is 4.50. The van der Waals surface area contributed by atoms with Crippen molar-refractivity contribution >= 4 is 17.6 Å². The van der Waals surface area contributed by atoms with Crippen LogP contribution in [0.25, 0.3) is 0 Å². The molecule has 0 unspecified atom stereocenters. The van der Waals surface area contributed by atoms with Gasteiger partial charge < -0.3 is 24.1 Å². The molecule has 0 spiro atoms. The van der Waals surface area contributed by atoms with Crippen molar-refractivity contribution in [2.75, 3.05) is 26.4 Å². The SMILES string of the molecule is CCO[C@@H](Cc1ccc(OC/C=C/C#Cc2cc(OCC(F)(F)F)cc(OCC(F)(F)F)c2)c(Cl)c1)C(=O)O. The number of carboxylic acids is 1. The Labute approximate surface area is 225 Å². The van der Waals surface area contributed by atoms with Crippen LogP contribution in [0.3, 0.4) is 0 Å². The Kier molecular flexibility index (Phi) is 11.8. The van der Waals surface area contributed by atoms with Crippen LogP contribution in [0.4, 0.5) is 26.3 Å². The van der Waals surface area contributed by atoms with Crippen LogP contribution in [0.15, 0.2) is 48.6 Å². The van der Waals surface area contributed by atoms with Crippen molar-refractivity contribution in [1.82, 2.24) is 0 Å². The van der Waals surface area contributed by atoms with Crippen LogP contribution in [0.5, 0.6) is 17.2 Å². The lowest BCUT2D eigenvalue weighted by atomic mass is 10.1. The number of hydrogen-bond donors (Lipinski definition) is 1. The summed E-state index contributed by atoms with van der Waals surface area (Å²) in [5.41, 5.74) is 0.692. The molecule has 0 aliphatic rings. The molecular formula is C26H23ClF6O6. The second kappa shape index (κ2) is 14.6. The minimum absolute atomic E-state index is 0.0269. The quantitative estimate of drug-likeness (QED) is 0.237. The Bertz CT molecular complexity index is 1160. The molecule has 0 heterocycles. The van der Waals surface area contributed by atoms with Crippen molar-refractivity contribution < 1.29 is 55.2 Å². The molecule has 2 aromatic carbocycles. The summed E-state index contributed by atoms with van der Waals surface area (Å²) >= 11 is 6.20. The molecular weight excluding hydrogens is 558 g/mol. The molecule has 0 fully saturated rings. The van der Waals surface area contributed by atoms with Crippen LogP contribution in [0, 0.1) is 11.8 Å². The van der Waals surface area contributed by atoms with E-state index >= 15 is 0 Å². The van der Waals surface area contributed by atoms with Crippen LogP contribution in [-0.2, 0) is 16.0 Å². The normalized spacial score (nSPS) is 12.5. The lowest BCUT2D eigenvalue weighted by Gasteiger charge is -2.13. The number of allylic oxidation sites excluding steroid dienone is 1. The molecule has 2 aromatic rings. The first-order valence-corrected chi connectivity index (χ1v) is 11.6. The highest BCUT2D eigenvalue weighted by molar-refractivity contribution is 6.32. The van der Waals surface area contributed by atoms with E-state index in [0.29, 0.717) is 11.3 Å². The van der Waals surface area contributed by atoms with Gasteiger partial charge in [0.05, 0.1) is 5.02 Å². The summed E-state index contributed by atoms with van der Waals surface area (Å²) in [6.45, 7) is -1.33. The zero-order valence-electron chi connectivity index (χ0n) is 20.4. The van der Waals surface area contributed by atoms with E-state index in [1.54, 1.807) is 25.1 Å². The molecule has 0 radical (unpaired) electrons. The molecule has 1 atom stereocenters. The number of halogens is 7. The fourth-order valence-corrected chi connectivity index (χ4v) is 3.19. The zero-order valence-corrected chi connectivity index (χ0v) is 21.1. The van der Waals surface area contributed by atoms with E-state index in [1.165, 1.54) is 12.2 Å². The van der Waals surface area contributed by atoms with Gasteiger partial charge in [0.1, 0.15) is 23.9 Å². The van der Waals surface area contributed by atoms with Crippen molar-refractivity contribution in [3.63, 3.8) is 0 Å². The van der Waals surface area contributed by atoms with Crippen molar-refractivity contribution in [2.24, 2.45) is 0 Å². The Morgan fingerprint density at radius 1 is 1.00 bits per heavy atom. The highest BCUT2D eigenvalue weighted by Crippen LogP contribution is 2.28. The summed E-state index contributed by atoms with van der Waals surface area (Å²) < 4.78 is 94.6. The van der Waals surface area contributed by atoms with Gasteiger partial charge in [0.25, 0.3) is 0 Å². The molecule has 0 amide bonds. The number of hydrogen-bond acceptors (Lipinski definition) is 5.